The Hall–Kier alpha value is -1.05. The molecule has 2 aliphatic rings. The molecular formula is C20H29Cl2N3O3. The number of hydrogen-bond acceptors (Lipinski definition) is 4. The number of likely N-dealkylation sites (tertiary alicyclic amines) is 2. The van der Waals surface area contributed by atoms with Gasteiger partial charge in [-0.25, -0.2) is 4.79 Å². The van der Waals surface area contributed by atoms with Crippen LogP contribution in [0.25, 0.3) is 0 Å². The quantitative estimate of drug-likeness (QED) is 0.696. The molecule has 1 amide bonds. The van der Waals surface area contributed by atoms with E-state index in [4.69, 9.17) is 23.2 Å². The van der Waals surface area contributed by atoms with Gasteiger partial charge in [0.05, 0.1) is 16.1 Å². The van der Waals surface area contributed by atoms with Crippen molar-refractivity contribution in [2.75, 3.05) is 46.3 Å². The summed E-state index contributed by atoms with van der Waals surface area (Å²) in [4.78, 5) is 17.5. The molecule has 0 spiro atoms. The van der Waals surface area contributed by atoms with Gasteiger partial charge in [0.25, 0.3) is 0 Å². The number of halogens is 2. The Labute approximate surface area is 176 Å². The molecule has 0 aromatic heterocycles. The number of rotatable bonds is 7. The summed E-state index contributed by atoms with van der Waals surface area (Å²) in [5.41, 5.74) is 1.02. The molecular weight excluding hydrogens is 401 g/mol. The molecule has 28 heavy (non-hydrogen) atoms. The van der Waals surface area contributed by atoms with E-state index in [1.807, 2.05) is 12.1 Å². The van der Waals surface area contributed by atoms with Crippen LogP contribution in [0.5, 0.6) is 0 Å². The first-order chi connectivity index (χ1) is 13.3. The van der Waals surface area contributed by atoms with Gasteiger partial charge in [0.1, 0.15) is 0 Å². The number of amides is 1. The fourth-order valence-corrected chi connectivity index (χ4v) is 4.39. The van der Waals surface area contributed by atoms with Crippen LogP contribution in [0.4, 0.5) is 4.79 Å². The van der Waals surface area contributed by atoms with Crippen molar-refractivity contribution in [3.63, 3.8) is 0 Å². The molecule has 0 radical (unpaired) electrons. The minimum atomic E-state index is -0.929. The van der Waals surface area contributed by atoms with Crippen molar-refractivity contribution < 1.29 is 15.0 Å². The molecule has 6 nitrogen and oxygen atoms in total. The van der Waals surface area contributed by atoms with Crippen LogP contribution in [0.15, 0.2) is 18.2 Å². The first-order valence-electron chi connectivity index (χ1n) is 9.87. The van der Waals surface area contributed by atoms with Gasteiger partial charge < -0.3 is 20.0 Å². The average Bonchev–Trinajstić information content (AvgIpc) is 2.62. The van der Waals surface area contributed by atoms with Crippen molar-refractivity contribution in [3.8, 4) is 0 Å². The number of benzene rings is 1. The standard InChI is InChI=1S/C20H29Cl2N3O3/c1-23(20(27)28)11-15(14-2-3-18(21)19(22)10-14)4-7-24-12-16(13-24)25-8-5-17(26)6-9-25/h2-3,10,15-17,26H,4-9,11-13H2,1H3,(H,27,28)/t15-/m1/s1. The largest absolute Gasteiger partial charge is 0.465 e. The zero-order valence-corrected chi connectivity index (χ0v) is 17.7. The van der Waals surface area contributed by atoms with Crippen LogP contribution < -0.4 is 0 Å². The summed E-state index contributed by atoms with van der Waals surface area (Å²) in [6.07, 6.45) is 1.54. The summed E-state index contributed by atoms with van der Waals surface area (Å²) >= 11 is 12.2. The van der Waals surface area contributed by atoms with E-state index >= 15 is 0 Å². The fraction of sp³-hybridized carbons (Fsp3) is 0.650. The Balaban J connectivity index is 1.53. The highest BCUT2D eigenvalue weighted by Crippen LogP contribution is 2.30. The molecule has 2 aliphatic heterocycles. The maximum Gasteiger partial charge on any atom is 0.407 e. The molecule has 156 valence electrons. The number of carbonyl (C=O) groups is 1. The average molecular weight is 430 g/mol. The van der Waals surface area contributed by atoms with Gasteiger partial charge in [-0.05, 0) is 43.5 Å². The van der Waals surface area contributed by atoms with Crippen molar-refractivity contribution in [2.45, 2.75) is 37.3 Å². The summed E-state index contributed by atoms with van der Waals surface area (Å²) in [7, 11) is 1.59. The molecule has 1 aromatic rings. The molecule has 2 fully saturated rings. The number of carboxylic acid groups (broad SMARTS) is 1. The van der Waals surface area contributed by atoms with Crippen LogP contribution in [0.3, 0.4) is 0 Å². The maximum absolute atomic E-state index is 11.3. The molecule has 2 heterocycles. The number of hydrogen-bond donors (Lipinski definition) is 2. The number of piperidine rings is 1. The van der Waals surface area contributed by atoms with Gasteiger partial charge in [-0.15, -0.1) is 0 Å². The summed E-state index contributed by atoms with van der Waals surface area (Å²) in [5.74, 6) is 0.0695. The number of likely N-dealkylation sites (N-methyl/N-ethyl adjacent to an activating group) is 1. The van der Waals surface area contributed by atoms with E-state index in [1.165, 1.54) is 4.90 Å². The second-order valence-electron chi connectivity index (χ2n) is 8.00. The normalized spacial score (nSPS) is 20.7. The van der Waals surface area contributed by atoms with Crippen LogP contribution >= 0.6 is 23.2 Å². The lowest BCUT2D eigenvalue weighted by molar-refractivity contribution is -0.00541. The highest BCUT2D eigenvalue weighted by molar-refractivity contribution is 6.42. The first kappa shape index (κ1) is 21.7. The van der Waals surface area contributed by atoms with E-state index in [0.717, 1.165) is 57.5 Å². The number of aliphatic hydroxyl groups is 1. The smallest absolute Gasteiger partial charge is 0.407 e. The topological polar surface area (TPSA) is 67.2 Å². The predicted octanol–water partition coefficient (Wildman–Crippen LogP) is 3.22. The van der Waals surface area contributed by atoms with E-state index in [0.29, 0.717) is 22.6 Å². The monoisotopic (exact) mass is 429 g/mol. The molecule has 1 aromatic carbocycles. The zero-order valence-electron chi connectivity index (χ0n) is 16.2. The lowest BCUT2D eigenvalue weighted by Crippen LogP contribution is -2.61. The SMILES string of the molecule is CN(C[C@@H](CCN1CC(N2CCC(O)CC2)C1)c1ccc(Cl)c(Cl)c1)C(=O)O. The van der Waals surface area contributed by atoms with Crippen LogP contribution in [-0.2, 0) is 0 Å². The molecule has 0 bridgehead atoms. The Kier molecular flexibility index (Phi) is 7.45. The fourth-order valence-electron chi connectivity index (χ4n) is 4.08. The van der Waals surface area contributed by atoms with E-state index in [2.05, 4.69) is 9.80 Å². The molecule has 8 heteroatoms. The van der Waals surface area contributed by atoms with Crippen molar-refractivity contribution in [2.24, 2.45) is 0 Å². The Morgan fingerprint density at radius 1 is 1.25 bits per heavy atom. The Bertz CT molecular complexity index is 677. The van der Waals surface area contributed by atoms with Crippen molar-refractivity contribution >= 4 is 29.3 Å². The molecule has 0 unspecified atom stereocenters. The first-order valence-corrected chi connectivity index (χ1v) is 10.6. The summed E-state index contributed by atoms with van der Waals surface area (Å²) in [5, 5.41) is 19.9. The van der Waals surface area contributed by atoms with Gasteiger partial charge in [-0.1, -0.05) is 29.3 Å². The predicted molar refractivity (Wildman–Crippen MR) is 112 cm³/mol. The molecule has 3 rings (SSSR count). The maximum atomic E-state index is 11.3. The molecule has 1 atom stereocenters. The van der Waals surface area contributed by atoms with E-state index in [9.17, 15) is 15.0 Å². The van der Waals surface area contributed by atoms with Crippen molar-refractivity contribution in [1.29, 1.82) is 0 Å². The van der Waals surface area contributed by atoms with Crippen molar-refractivity contribution in [1.82, 2.24) is 14.7 Å². The van der Waals surface area contributed by atoms with Crippen LogP contribution in [0.1, 0.15) is 30.7 Å². The minimum absolute atomic E-state index is 0.0695. The van der Waals surface area contributed by atoms with Crippen molar-refractivity contribution in [3.05, 3.63) is 33.8 Å². The van der Waals surface area contributed by atoms with Gasteiger partial charge in [0.2, 0.25) is 0 Å². The second-order valence-corrected chi connectivity index (χ2v) is 8.82. The zero-order chi connectivity index (χ0) is 20.3. The van der Waals surface area contributed by atoms with Gasteiger partial charge in [-0.2, -0.15) is 0 Å². The summed E-state index contributed by atoms with van der Waals surface area (Å²) in [6, 6.07) is 6.14. The van der Waals surface area contributed by atoms with Crippen LogP contribution in [0, 0.1) is 0 Å². The Morgan fingerprint density at radius 3 is 2.54 bits per heavy atom. The van der Waals surface area contributed by atoms with E-state index < -0.39 is 6.09 Å². The molecule has 0 saturated carbocycles. The minimum Gasteiger partial charge on any atom is -0.465 e. The van der Waals surface area contributed by atoms with E-state index in [-0.39, 0.29) is 12.0 Å². The van der Waals surface area contributed by atoms with Crippen LogP contribution in [0.2, 0.25) is 10.0 Å². The van der Waals surface area contributed by atoms with Crippen LogP contribution in [-0.4, -0.2) is 89.5 Å². The molecule has 2 N–H and O–H groups in total. The lowest BCUT2D eigenvalue weighted by Gasteiger charge is -2.47. The molecule has 0 aliphatic carbocycles. The highest BCUT2D eigenvalue weighted by Gasteiger charge is 2.33. The van der Waals surface area contributed by atoms with Gasteiger partial charge in [-0.3, -0.25) is 4.90 Å². The van der Waals surface area contributed by atoms with Gasteiger partial charge in [0, 0.05) is 51.7 Å². The van der Waals surface area contributed by atoms with Gasteiger partial charge in [0.15, 0.2) is 0 Å². The molecule has 2 saturated heterocycles. The summed E-state index contributed by atoms with van der Waals surface area (Å²) < 4.78 is 0. The van der Waals surface area contributed by atoms with E-state index in [1.54, 1.807) is 13.1 Å². The number of nitrogens with zero attached hydrogens (tertiary/aromatic N) is 3. The lowest BCUT2D eigenvalue weighted by atomic mass is 9.93. The highest BCUT2D eigenvalue weighted by atomic mass is 35.5. The third-order valence-corrected chi connectivity index (χ3v) is 6.72. The third kappa shape index (κ3) is 5.51. The summed E-state index contributed by atoms with van der Waals surface area (Å²) in [6.45, 7) is 5.39. The number of aliphatic hydroxyl groups excluding tert-OH is 1. The Morgan fingerprint density at radius 2 is 1.93 bits per heavy atom. The second kappa shape index (κ2) is 9.63. The van der Waals surface area contributed by atoms with Gasteiger partial charge >= 0.3 is 6.09 Å². The third-order valence-electron chi connectivity index (χ3n) is 5.98.